The van der Waals surface area contributed by atoms with Gasteiger partial charge in [-0.15, -0.1) is 0 Å². The van der Waals surface area contributed by atoms with Gasteiger partial charge in [-0.05, 0) is 38.7 Å². The normalized spacial score (nSPS) is 12.9. The summed E-state index contributed by atoms with van der Waals surface area (Å²) < 4.78 is 5.37. The number of nitrogens with two attached hydrogens (primary N) is 1. The van der Waals surface area contributed by atoms with Crippen molar-refractivity contribution in [2.75, 3.05) is 27.2 Å². The Morgan fingerprint density at radius 1 is 1.27 bits per heavy atom. The van der Waals surface area contributed by atoms with Crippen molar-refractivity contribution in [3.05, 3.63) is 29.8 Å². The molecule has 0 aromatic heterocycles. The van der Waals surface area contributed by atoms with Gasteiger partial charge in [0.15, 0.2) is 0 Å². The van der Waals surface area contributed by atoms with Crippen LogP contribution in [0.2, 0.25) is 0 Å². The van der Waals surface area contributed by atoms with Crippen molar-refractivity contribution < 1.29 is 4.74 Å². The Bertz CT molecular complexity index is 282. The molecule has 1 unspecified atom stereocenters. The second kappa shape index (κ2) is 5.73. The second-order valence-electron chi connectivity index (χ2n) is 3.87. The average Bonchev–Trinajstić information content (AvgIpc) is 2.18. The summed E-state index contributed by atoms with van der Waals surface area (Å²) in [5.41, 5.74) is 7.18. The molecule has 3 heteroatoms. The fourth-order valence-corrected chi connectivity index (χ4v) is 1.48. The Kier molecular flexibility index (Phi) is 4.59. The van der Waals surface area contributed by atoms with Gasteiger partial charge < -0.3 is 15.4 Å². The van der Waals surface area contributed by atoms with Crippen LogP contribution >= 0.6 is 0 Å². The summed E-state index contributed by atoms with van der Waals surface area (Å²) in [6.45, 7) is 3.53. The van der Waals surface area contributed by atoms with E-state index in [2.05, 4.69) is 4.90 Å². The zero-order chi connectivity index (χ0) is 11.3. The molecule has 1 aromatic carbocycles. The molecule has 0 saturated heterocycles. The van der Waals surface area contributed by atoms with Crippen LogP contribution in [0.15, 0.2) is 24.3 Å². The molecular weight excluding hydrogens is 188 g/mol. The first-order valence-electron chi connectivity index (χ1n) is 5.26. The highest BCUT2D eigenvalue weighted by Gasteiger charge is 2.06. The number of hydrogen-bond acceptors (Lipinski definition) is 3. The molecule has 1 aromatic rings. The maximum absolute atomic E-state index is 6.04. The van der Waals surface area contributed by atoms with Crippen molar-refractivity contribution in [3.63, 3.8) is 0 Å². The summed E-state index contributed by atoms with van der Waals surface area (Å²) in [5.74, 6) is 0.901. The highest BCUT2D eigenvalue weighted by Crippen LogP contribution is 2.16. The fraction of sp³-hybridized carbons (Fsp3) is 0.500. The summed E-state index contributed by atoms with van der Waals surface area (Å²) >= 11 is 0. The third kappa shape index (κ3) is 3.90. The Labute approximate surface area is 91.8 Å². The van der Waals surface area contributed by atoms with Crippen molar-refractivity contribution in [1.29, 1.82) is 0 Å². The SMILES string of the molecule is CCOc1ccc(C(N)CN(C)C)cc1. The zero-order valence-electron chi connectivity index (χ0n) is 9.73. The molecule has 0 bridgehead atoms. The highest BCUT2D eigenvalue weighted by molar-refractivity contribution is 5.29. The molecule has 0 fully saturated rings. The van der Waals surface area contributed by atoms with E-state index in [-0.39, 0.29) is 6.04 Å². The highest BCUT2D eigenvalue weighted by atomic mass is 16.5. The summed E-state index contributed by atoms with van der Waals surface area (Å²) in [6.07, 6.45) is 0. The van der Waals surface area contributed by atoms with Crippen LogP contribution in [0.4, 0.5) is 0 Å². The molecule has 0 saturated carbocycles. The van der Waals surface area contributed by atoms with Crippen molar-refractivity contribution in [3.8, 4) is 5.75 Å². The number of benzene rings is 1. The molecule has 0 aliphatic carbocycles. The molecule has 0 aliphatic heterocycles. The van der Waals surface area contributed by atoms with Crippen LogP contribution in [0.3, 0.4) is 0 Å². The van der Waals surface area contributed by atoms with Crippen LogP contribution in [0.5, 0.6) is 5.75 Å². The van der Waals surface area contributed by atoms with Crippen molar-refractivity contribution in [2.45, 2.75) is 13.0 Å². The molecule has 0 amide bonds. The number of ether oxygens (including phenoxy) is 1. The number of hydrogen-bond donors (Lipinski definition) is 1. The van der Waals surface area contributed by atoms with E-state index in [1.807, 2.05) is 45.3 Å². The summed E-state index contributed by atoms with van der Waals surface area (Å²) in [4.78, 5) is 2.08. The van der Waals surface area contributed by atoms with E-state index in [1.54, 1.807) is 0 Å². The van der Waals surface area contributed by atoms with E-state index < -0.39 is 0 Å². The monoisotopic (exact) mass is 208 g/mol. The van der Waals surface area contributed by atoms with Gasteiger partial charge in [0.25, 0.3) is 0 Å². The number of likely N-dealkylation sites (N-methyl/N-ethyl adjacent to an activating group) is 1. The van der Waals surface area contributed by atoms with Crippen LogP contribution in [0.25, 0.3) is 0 Å². The molecular formula is C12H20N2O. The summed E-state index contributed by atoms with van der Waals surface area (Å²) in [6, 6.07) is 8.05. The number of nitrogens with zero attached hydrogens (tertiary/aromatic N) is 1. The van der Waals surface area contributed by atoms with Gasteiger partial charge in [-0.25, -0.2) is 0 Å². The van der Waals surface area contributed by atoms with Gasteiger partial charge in [-0.2, -0.15) is 0 Å². The van der Waals surface area contributed by atoms with Crippen LogP contribution in [0.1, 0.15) is 18.5 Å². The van der Waals surface area contributed by atoms with E-state index in [0.29, 0.717) is 6.61 Å². The molecule has 3 nitrogen and oxygen atoms in total. The lowest BCUT2D eigenvalue weighted by Gasteiger charge is -2.17. The third-order valence-electron chi connectivity index (χ3n) is 2.18. The Morgan fingerprint density at radius 2 is 1.87 bits per heavy atom. The average molecular weight is 208 g/mol. The van der Waals surface area contributed by atoms with Gasteiger partial charge in [0.05, 0.1) is 6.61 Å². The predicted octanol–water partition coefficient (Wildman–Crippen LogP) is 1.65. The topological polar surface area (TPSA) is 38.5 Å². The van der Waals surface area contributed by atoms with Gasteiger partial charge in [0, 0.05) is 12.6 Å². The van der Waals surface area contributed by atoms with Crippen molar-refractivity contribution in [2.24, 2.45) is 5.73 Å². The van der Waals surface area contributed by atoms with E-state index in [1.165, 1.54) is 0 Å². The largest absolute Gasteiger partial charge is 0.494 e. The van der Waals surface area contributed by atoms with Gasteiger partial charge in [-0.3, -0.25) is 0 Å². The minimum atomic E-state index is 0.0654. The molecule has 2 N–H and O–H groups in total. The Morgan fingerprint density at radius 3 is 2.33 bits per heavy atom. The predicted molar refractivity (Wildman–Crippen MR) is 63.1 cm³/mol. The lowest BCUT2D eigenvalue weighted by molar-refractivity contribution is 0.339. The van der Waals surface area contributed by atoms with Crippen LogP contribution in [-0.4, -0.2) is 32.1 Å². The molecule has 84 valence electrons. The number of rotatable bonds is 5. The minimum Gasteiger partial charge on any atom is -0.494 e. The maximum atomic E-state index is 6.04. The van der Waals surface area contributed by atoms with E-state index >= 15 is 0 Å². The first-order chi connectivity index (χ1) is 7.13. The Hall–Kier alpha value is -1.06. The first-order valence-corrected chi connectivity index (χ1v) is 5.26. The second-order valence-corrected chi connectivity index (χ2v) is 3.87. The van der Waals surface area contributed by atoms with E-state index in [0.717, 1.165) is 17.9 Å². The molecule has 0 spiro atoms. The molecule has 15 heavy (non-hydrogen) atoms. The van der Waals surface area contributed by atoms with Crippen LogP contribution in [-0.2, 0) is 0 Å². The standard InChI is InChI=1S/C12H20N2O/c1-4-15-11-7-5-10(6-8-11)12(13)9-14(2)3/h5-8,12H,4,9,13H2,1-3H3. The molecule has 1 rings (SSSR count). The summed E-state index contributed by atoms with van der Waals surface area (Å²) in [7, 11) is 4.04. The smallest absolute Gasteiger partial charge is 0.119 e. The fourth-order valence-electron chi connectivity index (χ4n) is 1.48. The van der Waals surface area contributed by atoms with E-state index in [4.69, 9.17) is 10.5 Å². The summed E-state index contributed by atoms with van der Waals surface area (Å²) in [5, 5.41) is 0. The quantitative estimate of drug-likeness (QED) is 0.799. The van der Waals surface area contributed by atoms with Crippen molar-refractivity contribution in [1.82, 2.24) is 4.90 Å². The van der Waals surface area contributed by atoms with Crippen LogP contribution in [0, 0.1) is 0 Å². The zero-order valence-corrected chi connectivity index (χ0v) is 9.73. The minimum absolute atomic E-state index is 0.0654. The van der Waals surface area contributed by atoms with Gasteiger partial charge in [-0.1, -0.05) is 12.1 Å². The molecule has 1 atom stereocenters. The van der Waals surface area contributed by atoms with Gasteiger partial charge >= 0.3 is 0 Å². The van der Waals surface area contributed by atoms with Crippen LogP contribution < -0.4 is 10.5 Å². The molecule has 0 heterocycles. The third-order valence-corrected chi connectivity index (χ3v) is 2.18. The maximum Gasteiger partial charge on any atom is 0.119 e. The van der Waals surface area contributed by atoms with Gasteiger partial charge in [0.2, 0.25) is 0 Å². The Balaban J connectivity index is 2.62. The van der Waals surface area contributed by atoms with Gasteiger partial charge in [0.1, 0.15) is 5.75 Å². The van der Waals surface area contributed by atoms with Crippen molar-refractivity contribution >= 4 is 0 Å². The lowest BCUT2D eigenvalue weighted by atomic mass is 10.1. The molecule has 0 aliphatic rings. The first kappa shape index (κ1) is 12.0. The van der Waals surface area contributed by atoms with E-state index in [9.17, 15) is 0 Å². The lowest BCUT2D eigenvalue weighted by Crippen LogP contribution is -2.25. The molecule has 0 radical (unpaired) electrons.